The lowest BCUT2D eigenvalue weighted by atomic mass is 10.1. The number of carbonyl (C=O) groups is 1. The molecule has 4 heteroatoms. The number of carbonyl (C=O) groups excluding carboxylic acids is 1. The molecule has 0 saturated heterocycles. The third-order valence-corrected chi connectivity index (χ3v) is 5.13. The van der Waals surface area contributed by atoms with Gasteiger partial charge in [0, 0.05) is 19.2 Å². The van der Waals surface area contributed by atoms with Crippen LogP contribution in [0.1, 0.15) is 36.8 Å². The molecule has 0 aliphatic heterocycles. The predicted octanol–water partition coefficient (Wildman–Crippen LogP) is 4.97. The molecule has 0 amide bonds. The summed E-state index contributed by atoms with van der Waals surface area (Å²) in [6.45, 7) is 1.36. The fraction of sp³-hybridized carbons (Fsp3) is 0.308. The highest BCUT2D eigenvalue weighted by molar-refractivity contribution is 6.49. The number of aryl methyl sites for hydroxylation is 2. The number of hydrogen-bond donors (Lipinski definition) is 2. The number of unbranched alkanes of at least 4 members (excludes halogenated alkanes) is 2. The fourth-order valence-corrected chi connectivity index (χ4v) is 3.43. The van der Waals surface area contributed by atoms with Gasteiger partial charge in [-0.3, -0.25) is 9.79 Å². The SMILES string of the molecule is O=C1C=C(O)C(NCCCCc2ccccc2)=CC1=NCCCCc1ccccc1. The molecule has 30 heavy (non-hydrogen) atoms. The predicted molar refractivity (Wildman–Crippen MR) is 123 cm³/mol. The zero-order chi connectivity index (χ0) is 21.0. The topological polar surface area (TPSA) is 61.7 Å². The summed E-state index contributed by atoms with van der Waals surface area (Å²) >= 11 is 0. The van der Waals surface area contributed by atoms with Gasteiger partial charge in [0.2, 0.25) is 5.78 Å². The zero-order valence-electron chi connectivity index (χ0n) is 17.4. The maximum atomic E-state index is 12.1. The van der Waals surface area contributed by atoms with Crippen LogP contribution in [0, 0.1) is 0 Å². The van der Waals surface area contributed by atoms with Crippen LogP contribution in [0.5, 0.6) is 0 Å². The summed E-state index contributed by atoms with van der Waals surface area (Å²) in [6.07, 6.45) is 9.00. The first-order valence-electron chi connectivity index (χ1n) is 10.8. The van der Waals surface area contributed by atoms with Gasteiger partial charge in [0.05, 0.1) is 5.70 Å². The Morgan fingerprint density at radius 1 is 0.767 bits per heavy atom. The van der Waals surface area contributed by atoms with E-state index in [1.807, 2.05) is 12.1 Å². The van der Waals surface area contributed by atoms with Gasteiger partial charge in [-0.25, -0.2) is 0 Å². The lowest BCUT2D eigenvalue weighted by Crippen LogP contribution is -2.24. The number of hydrogen-bond acceptors (Lipinski definition) is 4. The second-order valence-corrected chi connectivity index (χ2v) is 7.53. The summed E-state index contributed by atoms with van der Waals surface area (Å²) in [5.41, 5.74) is 3.66. The Hall–Kier alpha value is -3.14. The number of aliphatic hydroxyl groups excluding tert-OH is 1. The third kappa shape index (κ3) is 7.03. The molecular weight excluding hydrogens is 372 g/mol. The molecule has 0 spiro atoms. The highest BCUT2D eigenvalue weighted by Gasteiger charge is 2.17. The van der Waals surface area contributed by atoms with Gasteiger partial charge in [-0.2, -0.15) is 0 Å². The minimum atomic E-state index is -0.231. The highest BCUT2D eigenvalue weighted by Crippen LogP contribution is 2.12. The number of rotatable bonds is 11. The van der Waals surface area contributed by atoms with Crippen LogP contribution in [-0.4, -0.2) is 29.7 Å². The van der Waals surface area contributed by atoms with Gasteiger partial charge in [-0.1, -0.05) is 60.7 Å². The smallest absolute Gasteiger partial charge is 0.207 e. The van der Waals surface area contributed by atoms with Gasteiger partial charge in [0.25, 0.3) is 0 Å². The van der Waals surface area contributed by atoms with Gasteiger partial charge >= 0.3 is 0 Å². The molecule has 0 fully saturated rings. The number of benzene rings is 2. The number of nitrogens with one attached hydrogen (secondary N) is 1. The van der Waals surface area contributed by atoms with E-state index in [0.717, 1.165) is 45.1 Å². The van der Waals surface area contributed by atoms with Crippen molar-refractivity contribution in [3.05, 3.63) is 95.4 Å². The molecule has 0 aromatic heterocycles. The lowest BCUT2D eigenvalue weighted by molar-refractivity contribution is -0.109. The molecule has 4 nitrogen and oxygen atoms in total. The largest absolute Gasteiger partial charge is 0.506 e. The molecule has 0 atom stereocenters. The van der Waals surface area contributed by atoms with E-state index in [-0.39, 0.29) is 11.5 Å². The van der Waals surface area contributed by atoms with Crippen molar-refractivity contribution in [3.8, 4) is 0 Å². The minimum Gasteiger partial charge on any atom is -0.506 e. The quantitative estimate of drug-likeness (QED) is 0.412. The zero-order valence-corrected chi connectivity index (χ0v) is 17.4. The van der Waals surface area contributed by atoms with E-state index in [4.69, 9.17) is 0 Å². The first kappa shape index (κ1) is 21.6. The molecule has 0 saturated carbocycles. The molecule has 1 aliphatic rings. The molecule has 0 bridgehead atoms. The Morgan fingerprint density at radius 2 is 1.37 bits per heavy atom. The van der Waals surface area contributed by atoms with Crippen LogP contribution < -0.4 is 5.32 Å². The van der Waals surface area contributed by atoms with Crippen LogP contribution in [0.25, 0.3) is 0 Å². The molecule has 2 N–H and O–H groups in total. The van der Waals surface area contributed by atoms with E-state index < -0.39 is 0 Å². The van der Waals surface area contributed by atoms with Crippen molar-refractivity contribution in [2.24, 2.45) is 4.99 Å². The maximum absolute atomic E-state index is 12.1. The number of ketones is 1. The Balaban J connectivity index is 1.41. The summed E-state index contributed by atoms with van der Waals surface area (Å²) in [6, 6.07) is 20.8. The number of aliphatic imine (C=N–C) groups is 1. The summed E-state index contributed by atoms with van der Waals surface area (Å²) < 4.78 is 0. The fourth-order valence-electron chi connectivity index (χ4n) is 3.43. The Bertz CT molecular complexity index is 899. The van der Waals surface area contributed by atoms with Crippen molar-refractivity contribution in [3.63, 3.8) is 0 Å². The van der Waals surface area contributed by atoms with Crippen LogP contribution in [0.3, 0.4) is 0 Å². The van der Waals surface area contributed by atoms with Crippen LogP contribution in [-0.2, 0) is 17.6 Å². The van der Waals surface area contributed by atoms with E-state index >= 15 is 0 Å². The van der Waals surface area contributed by atoms with Crippen molar-refractivity contribution in [2.75, 3.05) is 13.1 Å². The first-order valence-corrected chi connectivity index (χ1v) is 10.8. The molecule has 2 aromatic rings. The Kier molecular flexibility index (Phi) is 8.46. The van der Waals surface area contributed by atoms with Gasteiger partial charge in [0.15, 0.2) is 0 Å². The summed E-state index contributed by atoms with van der Waals surface area (Å²) in [4.78, 5) is 16.6. The first-order chi connectivity index (χ1) is 14.7. The number of nitrogens with zero attached hydrogens (tertiary/aromatic N) is 1. The average molecular weight is 403 g/mol. The van der Waals surface area contributed by atoms with E-state index in [2.05, 4.69) is 58.8 Å². The summed E-state index contributed by atoms with van der Waals surface area (Å²) in [5.74, 6) is -0.240. The minimum absolute atomic E-state index is 0.00825. The third-order valence-electron chi connectivity index (χ3n) is 5.13. The van der Waals surface area contributed by atoms with Crippen molar-refractivity contribution in [1.82, 2.24) is 5.32 Å². The molecule has 1 aliphatic carbocycles. The maximum Gasteiger partial charge on any atom is 0.207 e. The summed E-state index contributed by atoms with van der Waals surface area (Å²) in [5, 5.41) is 13.3. The molecule has 0 unspecified atom stereocenters. The second kappa shape index (κ2) is 11.8. The monoisotopic (exact) mass is 402 g/mol. The van der Waals surface area contributed by atoms with Crippen molar-refractivity contribution < 1.29 is 9.90 Å². The van der Waals surface area contributed by atoms with Gasteiger partial charge in [-0.05, 0) is 55.7 Å². The number of aliphatic hydroxyl groups is 1. The summed E-state index contributed by atoms with van der Waals surface area (Å²) in [7, 11) is 0. The van der Waals surface area contributed by atoms with Crippen LogP contribution in [0.15, 0.2) is 89.3 Å². The van der Waals surface area contributed by atoms with Gasteiger partial charge in [0.1, 0.15) is 11.5 Å². The molecule has 3 rings (SSSR count). The highest BCUT2D eigenvalue weighted by atomic mass is 16.3. The van der Waals surface area contributed by atoms with Gasteiger partial charge in [-0.15, -0.1) is 0 Å². The molecule has 0 radical (unpaired) electrons. The Morgan fingerprint density at radius 3 is 2.00 bits per heavy atom. The molecule has 0 heterocycles. The van der Waals surface area contributed by atoms with Crippen molar-refractivity contribution >= 4 is 11.5 Å². The normalized spacial score (nSPS) is 15.1. The van der Waals surface area contributed by atoms with E-state index in [9.17, 15) is 9.90 Å². The standard InChI is InChI=1S/C26H30N2O2/c29-25-20-26(30)24(28-18-10-8-16-22-13-5-2-6-14-22)19-23(25)27-17-9-7-15-21-11-3-1-4-12-21/h1-6,11-14,19-20,27,29H,7-10,15-18H2. The van der Waals surface area contributed by atoms with Gasteiger partial charge < -0.3 is 10.4 Å². The van der Waals surface area contributed by atoms with Crippen LogP contribution in [0.4, 0.5) is 0 Å². The van der Waals surface area contributed by atoms with Crippen LogP contribution >= 0.6 is 0 Å². The second-order valence-electron chi connectivity index (χ2n) is 7.53. The van der Waals surface area contributed by atoms with Crippen LogP contribution in [0.2, 0.25) is 0 Å². The average Bonchev–Trinajstić information content (AvgIpc) is 2.77. The number of allylic oxidation sites excluding steroid dienone is 2. The van der Waals surface area contributed by atoms with Crippen molar-refractivity contribution in [2.45, 2.75) is 38.5 Å². The lowest BCUT2D eigenvalue weighted by Gasteiger charge is -2.14. The molecule has 2 aromatic carbocycles. The van der Waals surface area contributed by atoms with E-state index in [1.54, 1.807) is 6.08 Å². The van der Waals surface area contributed by atoms with E-state index in [0.29, 0.717) is 18.0 Å². The Labute approximate surface area is 179 Å². The van der Waals surface area contributed by atoms with E-state index in [1.165, 1.54) is 17.2 Å². The van der Waals surface area contributed by atoms with Crippen molar-refractivity contribution in [1.29, 1.82) is 0 Å². The molecular formula is C26H30N2O2. The molecule has 156 valence electrons.